The second kappa shape index (κ2) is 4.34. The van der Waals surface area contributed by atoms with Crippen LogP contribution in [0.2, 0.25) is 0 Å². The zero-order valence-corrected chi connectivity index (χ0v) is 10.8. The molecule has 3 aromatic rings. The number of hydrogen-bond donors (Lipinski definition) is 1. The quantitative estimate of drug-likeness (QED) is 0.728. The van der Waals surface area contributed by atoms with E-state index in [0.717, 1.165) is 9.99 Å². The van der Waals surface area contributed by atoms with Crippen LogP contribution in [0.15, 0.2) is 51.4 Å². The summed E-state index contributed by atoms with van der Waals surface area (Å²) < 4.78 is 11.8. The van der Waals surface area contributed by atoms with Gasteiger partial charge >= 0.3 is 6.08 Å². The van der Waals surface area contributed by atoms with Crippen molar-refractivity contribution >= 4 is 32.7 Å². The largest absolute Gasteiger partial charge is 0.410 e. The summed E-state index contributed by atoms with van der Waals surface area (Å²) in [6, 6.07) is 12.8. The van der Waals surface area contributed by atoms with Crippen LogP contribution in [0.5, 0.6) is 11.8 Å². The molecule has 3 rings (SSSR count). The molecule has 0 spiro atoms. The number of fused-ring (bicyclic) bond motifs is 1. The van der Waals surface area contributed by atoms with E-state index in [1.807, 2.05) is 30.3 Å². The number of oxazole rings is 1. The molecule has 90 valence electrons. The van der Waals surface area contributed by atoms with Crippen molar-refractivity contribution in [3.8, 4) is 11.8 Å². The maximum absolute atomic E-state index is 5.70. The molecular weight excluding hydrogens is 296 g/mol. The molecule has 4 nitrogen and oxygen atoms in total. The Morgan fingerprint density at radius 1 is 1.17 bits per heavy atom. The first-order chi connectivity index (χ1) is 8.72. The number of nitrogens with two attached hydrogens (primary N) is 1. The summed E-state index contributed by atoms with van der Waals surface area (Å²) in [5.41, 5.74) is 7.76. The first kappa shape index (κ1) is 11.1. The number of rotatable bonds is 2. The Balaban J connectivity index is 1.98. The summed E-state index contributed by atoms with van der Waals surface area (Å²) in [4.78, 5) is 4.23. The van der Waals surface area contributed by atoms with Crippen molar-refractivity contribution in [2.24, 2.45) is 0 Å². The Kier molecular flexibility index (Phi) is 2.68. The summed E-state index contributed by atoms with van der Waals surface area (Å²) >= 11 is 3.38. The van der Waals surface area contributed by atoms with E-state index < -0.39 is 0 Å². The Morgan fingerprint density at radius 2 is 2.00 bits per heavy atom. The molecule has 0 unspecified atom stereocenters. The van der Waals surface area contributed by atoms with Crippen LogP contribution in [-0.2, 0) is 0 Å². The van der Waals surface area contributed by atoms with Gasteiger partial charge < -0.3 is 14.9 Å². The smallest absolute Gasteiger partial charge is 0.400 e. The molecule has 2 N–H and O–H groups in total. The third-order valence-corrected chi connectivity index (χ3v) is 3.08. The molecule has 0 amide bonds. The van der Waals surface area contributed by atoms with E-state index in [4.69, 9.17) is 14.9 Å². The molecule has 0 aliphatic heterocycles. The number of nitrogen functional groups attached to an aromatic ring is 1. The minimum absolute atomic E-state index is 0.197. The molecule has 1 heterocycles. The number of para-hydroxylation sites is 2. The van der Waals surface area contributed by atoms with Crippen molar-refractivity contribution in [3.05, 3.63) is 46.9 Å². The summed E-state index contributed by atoms with van der Waals surface area (Å²) in [6.07, 6.45) is 0.197. The predicted octanol–water partition coefficient (Wildman–Crippen LogP) is 3.96. The Labute approximate surface area is 112 Å². The van der Waals surface area contributed by atoms with Gasteiger partial charge in [-0.25, -0.2) is 0 Å². The van der Waals surface area contributed by atoms with E-state index in [1.54, 1.807) is 12.1 Å². The number of halogens is 1. The van der Waals surface area contributed by atoms with Gasteiger partial charge in [-0.3, -0.25) is 0 Å². The standard InChI is InChI=1S/C13H9BrN2O2/c14-9-6-5-8(15)7-12(9)18-13-16-10-3-1-2-4-11(10)17-13/h1-7H,15H2. The van der Waals surface area contributed by atoms with Crippen LogP contribution >= 0.6 is 15.9 Å². The van der Waals surface area contributed by atoms with Gasteiger partial charge in [0, 0.05) is 11.8 Å². The maximum Gasteiger partial charge on any atom is 0.400 e. The SMILES string of the molecule is Nc1ccc(Br)c(Oc2nc3ccccc3o2)c1. The second-order valence-corrected chi connectivity index (χ2v) is 4.59. The molecule has 0 saturated carbocycles. The molecule has 0 radical (unpaired) electrons. The predicted molar refractivity (Wildman–Crippen MR) is 72.6 cm³/mol. The highest BCUT2D eigenvalue weighted by molar-refractivity contribution is 9.10. The zero-order chi connectivity index (χ0) is 12.5. The van der Waals surface area contributed by atoms with Gasteiger partial charge in [-0.15, -0.1) is 0 Å². The van der Waals surface area contributed by atoms with Crippen LogP contribution < -0.4 is 10.5 Å². The van der Waals surface area contributed by atoms with E-state index in [-0.39, 0.29) is 6.08 Å². The molecule has 18 heavy (non-hydrogen) atoms. The van der Waals surface area contributed by atoms with Gasteiger partial charge in [0.25, 0.3) is 0 Å². The molecule has 0 fully saturated rings. The lowest BCUT2D eigenvalue weighted by atomic mass is 10.3. The Morgan fingerprint density at radius 3 is 2.83 bits per heavy atom. The Bertz CT molecular complexity index is 676. The molecule has 0 atom stereocenters. The lowest BCUT2D eigenvalue weighted by Gasteiger charge is -2.03. The summed E-state index contributed by atoms with van der Waals surface area (Å²) in [5, 5.41) is 0. The van der Waals surface area contributed by atoms with E-state index >= 15 is 0 Å². The van der Waals surface area contributed by atoms with Crippen molar-refractivity contribution in [2.75, 3.05) is 5.73 Å². The van der Waals surface area contributed by atoms with Crippen molar-refractivity contribution in [3.63, 3.8) is 0 Å². The minimum Gasteiger partial charge on any atom is -0.410 e. The van der Waals surface area contributed by atoms with Gasteiger partial charge in [-0.1, -0.05) is 12.1 Å². The van der Waals surface area contributed by atoms with Crippen LogP contribution in [0, 0.1) is 0 Å². The van der Waals surface area contributed by atoms with Gasteiger partial charge in [-0.05, 0) is 40.2 Å². The number of aromatic nitrogens is 1. The number of nitrogens with zero attached hydrogens (tertiary/aromatic N) is 1. The van der Waals surface area contributed by atoms with Gasteiger partial charge in [0.1, 0.15) is 11.3 Å². The first-order valence-electron chi connectivity index (χ1n) is 5.31. The van der Waals surface area contributed by atoms with Crippen molar-refractivity contribution in [1.29, 1.82) is 0 Å². The molecule has 5 heteroatoms. The van der Waals surface area contributed by atoms with Crippen LogP contribution in [0.25, 0.3) is 11.1 Å². The molecule has 0 aliphatic rings. The molecule has 0 saturated heterocycles. The molecule has 1 aromatic heterocycles. The van der Waals surface area contributed by atoms with Crippen LogP contribution in [-0.4, -0.2) is 4.98 Å². The normalized spacial score (nSPS) is 10.7. The molecule has 0 bridgehead atoms. The molecular formula is C13H9BrN2O2. The number of ether oxygens (including phenoxy) is 1. The fraction of sp³-hybridized carbons (Fsp3) is 0. The van der Waals surface area contributed by atoms with Crippen LogP contribution in [0.3, 0.4) is 0 Å². The molecule has 0 aliphatic carbocycles. The number of hydrogen-bond acceptors (Lipinski definition) is 4. The summed E-state index contributed by atoms with van der Waals surface area (Å²) in [6.45, 7) is 0. The third-order valence-electron chi connectivity index (χ3n) is 2.43. The van der Waals surface area contributed by atoms with E-state index in [2.05, 4.69) is 20.9 Å². The average Bonchev–Trinajstić information content (AvgIpc) is 2.76. The van der Waals surface area contributed by atoms with Crippen molar-refractivity contribution < 1.29 is 9.15 Å². The number of anilines is 1. The van der Waals surface area contributed by atoms with Gasteiger partial charge in [0.15, 0.2) is 5.58 Å². The number of benzene rings is 2. The maximum atomic E-state index is 5.70. The highest BCUT2D eigenvalue weighted by atomic mass is 79.9. The topological polar surface area (TPSA) is 61.3 Å². The highest BCUT2D eigenvalue weighted by Crippen LogP contribution is 2.32. The fourth-order valence-electron chi connectivity index (χ4n) is 1.59. The third kappa shape index (κ3) is 2.04. The monoisotopic (exact) mass is 304 g/mol. The van der Waals surface area contributed by atoms with Gasteiger partial charge in [-0.2, -0.15) is 4.98 Å². The lowest BCUT2D eigenvalue weighted by molar-refractivity contribution is 0.342. The minimum atomic E-state index is 0.197. The Hall–Kier alpha value is -2.01. The van der Waals surface area contributed by atoms with Crippen molar-refractivity contribution in [1.82, 2.24) is 4.98 Å². The average molecular weight is 305 g/mol. The molecule has 2 aromatic carbocycles. The van der Waals surface area contributed by atoms with Crippen LogP contribution in [0.1, 0.15) is 0 Å². The zero-order valence-electron chi connectivity index (χ0n) is 9.26. The van der Waals surface area contributed by atoms with Crippen molar-refractivity contribution in [2.45, 2.75) is 0 Å². The first-order valence-corrected chi connectivity index (χ1v) is 6.10. The highest BCUT2D eigenvalue weighted by Gasteiger charge is 2.09. The van der Waals surface area contributed by atoms with Gasteiger partial charge in [0.2, 0.25) is 0 Å². The summed E-state index contributed by atoms with van der Waals surface area (Å²) in [7, 11) is 0. The fourth-order valence-corrected chi connectivity index (χ4v) is 1.91. The van der Waals surface area contributed by atoms with E-state index in [9.17, 15) is 0 Å². The van der Waals surface area contributed by atoms with Crippen LogP contribution in [0.4, 0.5) is 5.69 Å². The van der Waals surface area contributed by atoms with Gasteiger partial charge in [0.05, 0.1) is 4.47 Å². The van der Waals surface area contributed by atoms with E-state index in [1.165, 1.54) is 0 Å². The lowest BCUT2D eigenvalue weighted by Crippen LogP contribution is -1.89. The second-order valence-electron chi connectivity index (χ2n) is 3.74. The summed E-state index contributed by atoms with van der Waals surface area (Å²) in [5.74, 6) is 0.571. The van der Waals surface area contributed by atoms with E-state index in [0.29, 0.717) is 17.0 Å².